The molecule has 3 rings (SSSR count). The summed E-state index contributed by atoms with van der Waals surface area (Å²) in [4.78, 5) is 29.2. The van der Waals surface area contributed by atoms with E-state index < -0.39 is 5.91 Å². The number of ether oxygens (including phenoxy) is 1. The molecule has 0 saturated carbocycles. The van der Waals surface area contributed by atoms with Crippen molar-refractivity contribution in [1.82, 2.24) is 24.9 Å². The number of likely N-dealkylation sites (tertiary alicyclic amines) is 1. The molecule has 1 saturated heterocycles. The number of pyridine rings is 1. The summed E-state index contributed by atoms with van der Waals surface area (Å²) in [5.74, 6) is -0.259. The molecule has 2 N–H and O–H groups in total. The van der Waals surface area contributed by atoms with E-state index in [0.717, 1.165) is 12.8 Å². The second-order valence-corrected chi connectivity index (χ2v) is 5.65. The van der Waals surface area contributed by atoms with Gasteiger partial charge in [0.1, 0.15) is 17.5 Å². The number of aromatic nitrogens is 4. The Kier molecular flexibility index (Phi) is 4.41. The Bertz CT molecular complexity index is 759. The molecule has 1 atom stereocenters. The number of nitrogens with two attached hydrogens (primary N) is 1. The van der Waals surface area contributed by atoms with Crippen LogP contribution in [0.25, 0.3) is 0 Å². The molecule has 0 spiro atoms. The summed E-state index contributed by atoms with van der Waals surface area (Å²) in [6, 6.07) is 3.17. The monoisotopic (exact) mass is 330 g/mol. The fourth-order valence-electron chi connectivity index (χ4n) is 2.64. The van der Waals surface area contributed by atoms with E-state index in [-0.39, 0.29) is 17.7 Å². The molecule has 2 aromatic heterocycles. The van der Waals surface area contributed by atoms with E-state index >= 15 is 0 Å². The summed E-state index contributed by atoms with van der Waals surface area (Å²) in [6.45, 7) is 1.10. The molecule has 9 heteroatoms. The Hall–Kier alpha value is -2.97. The highest BCUT2D eigenvalue weighted by molar-refractivity contribution is 5.92. The van der Waals surface area contributed by atoms with Gasteiger partial charge in [0.15, 0.2) is 5.69 Å². The van der Waals surface area contributed by atoms with Crippen molar-refractivity contribution in [2.45, 2.75) is 18.9 Å². The van der Waals surface area contributed by atoms with Crippen molar-refractivity contribution >= 4 is 11.8 Å². The first-order valence-electron chi connectivity index (χ1n) is 7.61. The van der Waals surface area contributed by atoms with Gasteiger partial charge < -0.3 is 15.4 Å². The number of hydrogen-bond donors (Lipinski definition) is 1. The van der Waals surface area contributed by atoms with Crippen molar-refractivity contribution in [2.75, 3.05) is 13.1 Å². The van der Waals surface area contributed by atoms with E-state index in [4.69, 9.17) is 10.5 Å². The summed E-state index contributed by atoms with van der Waals surface area (Å²) < 4.78 is 7.38. The first-order chi connectivity index (χ1) is 11.5. The van der Waals surface area contributed by atoms with Crippen LogP contribution in [0.2, 0.25) is 0 Å². The van der Waals surface area contributed by atoms with Crippen LogP contribution in [0.4, 0.5) is 0 Å². The molecule has 0 radical (unpaired) electrons. The van der Waals surface area contributed by atoms with Gasteiger partial charge in [-0.15, -0.1) is 5.10 Å². The zero-order valence-electron chi connectivity index (χ0n) is 13.3. The maximum Gasteiger partial charge on any atom is 0.276 e. The second-order valence-electron chi connectivity index (χ2n) is 5.65. The summed E-state index contributed by atoms with van der Waals surface area (Å²) in [5.41, 5.74) is 5.69. The fraction of sp³-hybridized carbons (Fsp3) is 0.400. The van der Waals surface area contributed by atoms with Crippen molar-refractivity contribution in [3.8, 4) is 5.75 Å². The van der Waals surface area contributed by atoms with Crippen LogP contribution in [0.5, 0.6) is 5.75 Å². The molecule has 1 aliphatic heterocycles. The Morgan fingerprint density at radius 2 is 2.21 bits per heavy atom. The van der Waals surface area contributed by atoms with Gasteiger partial charge in [0.2, 0.25) is 0 Å². The van der Waals surface area contributed by atoms with Crippen molar-refractivity contribution < 1.29 is 14.3 Å². The molecule has 24 heavy (non-hydrogen) atoms. The molecule has 1 unspecified atom stereocenters. The summed E-state index contributed by atoms with van der Waals surface area (Å²) in [5, 5.41) is 7.63. The molecule has 126 valence electrons. The number of piperidine rings is 1. The normalized spacial score (nSPS) is 17.5. The Morgan fingerprint density at radius 3 is 2.92 bits per heavy atom. The van der Waals surface area contributed by atoms with Crippen LogP contribution in [0.3, 0.4) is 0 Å². The van der Waals surface area contributed by atoms with Crippen LogP contribution in [0, 0.1) is 0 Å². The first-order valence-corrected chi connectivity index (χ1v) is 7.61. The van der Waals surface area contributed by atoms with E-state index in [0.29, 0.717) is 24.5 Å². The minimum Gasteiger partial charge on any atom is -0.488 e. The van der Waals surface area contributed by atoms with E-state index in [1.165, 1.54) is 16.9 Å². The predicted molar refractivity (Wildman–Crippen MR) is 83.3 cm³/mol. The maximum absolute atomic E-state index is 12.4. The van der Waals surface area contributed by atoms with Crippen LogP contribution < -0.4 is 10.5 Å². The molecular weight excluding hydrogens is 312 g/mol. The van der Waals surface area contributed by atoms with Crippen molar-refractivity contribution in [1.29, 1.82) is 0 Å². The van der Waals surface area contributed by atoms with E-state index in [1.807, 2.05) is 0 Å². The fourth-order valence-corrected chi connectivity index (χ4v) is 2.64. The van der Waals surface area contributed by atoms with Crippen molar-refractivity contribution in [3.05, 3.63) is 35.9 Å². The molecule has 0 aromatic carbocycles. The van der Waals surface area contributed by atoms with E-state index in [9.17, 15) is 9.59 Å². The van der Waals surface area contributed by atoms with Crippen LogP contribution in [-0.2, 0) is 7.05 Å². The standard InChI is InChI=1S/C15H18N6O3/c1-20-9-13(18-19-20)15(23)21-6-2-3-11(8-21)24-10-4-5-17-12(7-10)14(16)22/h4-5,7,9,11H,2-3,6,8H2,1H3,(H2,16,22). The van der Waals surface area contributed by atoms with Crippen LogP contribution in [-0.4, -0.2) is 55.9 Å². The van der Waals surface area contributed by atoms with Gasteiger partial charge in [0.25, 0.3) is 11.8 Å². The van der Waals surface area contributed by atoms with Gasteiger partial charge in [-0.25, -0.2) is 0 Å². The third-order valence-electron chi connectivity index (χ3n) is 3.77. The average molecular weight is 330 g/mol. The van der Waals surface area contributed by atoms with Gasteiger partial charge in [-0.2, -0.15) is 0 Å². The molecule has 0 bridgehead atoms. The van der Waals surface area contributed by atoms with Crippen LogP contribution in [0.15, 0.2) is 24.5 Å². The first kappa shape index (κ1) is 15.9. The average Bonchev–Trinajstić information content (AvgIpc) is 3.01. The van der Waals surface area contributed by atoms with Gasteiger partial charge in [0, 0.05) is 25.9 Å². The largest absolute Gasteiger partial charge is 0.488 e. The Labute approximate surface area is 138 Å². The topological polar surface area (TPSA) is 116 Å². The summed E-state index contributed by atoms with van der Waals surface area (Å²) in [6.07, 6.45) is 4.54. The quantitative estimate of drug-likeness (QED) is 0.843. The SMILES string of the molecule is Cn1cc(C(=O)N2CCCC(Oc3ccnc(C(N)=O)c3)C2)nn1. The zero-order chi connectivity index (χ0) is 17.1. The lowest BCUT2D eigenvalue weighted by atomic mass is 10.1. The highest BCUT2D eigenvalue weighted by Gasteiger charge is 2.27. The molecule has 1 aliphatic rings. The lowest BCUT2D eigenvalue weighted by Gasteiger charge is -2.32. The second kappa shape index (κ2) is 6.65. The molecule has 1 fully saturated rings. The number of rotatable bonds is 4. The molecule has 2 aromatic rings. The van der Waals surface area contributed by atoms with Gasteiger partial charge in [-0.1, -0.05) is 5.21 Å². The third kappa shape index (κ3) is 3.50. The van der Waals surface area contributed by atoms with Crippen LogP contribution in [0.1, 0.15) is 33.8 Å². The Morgan fingerprint density at radius 1 is 1.38 bits per heavy atom. The van der Waals surface area contributed by atoms with Gasteiger partial charge in [-0.3, -0.25) is 19.3 Å². The van der Waals surface area contributed by atoms with E-state index in [1.54, 1.807) is 24.2 Å². The minimum absolute atomic E-state index is 0.149. The lowest BCUT2D eigenvalue weighted by molar-refractivity contribution is 0.0532. The summed E-state index contributed by atoms with van der Waals surface area (Å²) in [7, 11) is 1.71. The predicted octanol–water partition coefficient (Wildman–Crippen LogP) is -0.00740. The smallest absolute Gasteiger partial charge is 0.276 e. The number of primary amides is 1. The van der Waals surface area contributed by atoms with Crippen molar-refractivity contribution in [3.63, 3.8) is 0 Å². The number of amides is 2. The molecule has 2 amide bonds. The molecular formula is C15H18N6O3. The summed E-state index contributed by atoms with van der Waals surface area (Å²) >= 11 is 0. The lowest BCUT2D eigenvalue weighted by Crippen LogP contribution is -2.44. The van der Waals surface area contributed by atoms with Gasteiger partial charge >= 0.3 is 0 Å². The molecule has 0 aliphatic carbocycles. The number of carbonyl (C=O) groups excluding carboxylic acids is 2. The maximum atomic E-state index is 12.4. The van der Waals surface area contributed by atoms with E-state index in [2.05, 4.69) is 15.3 Å². The van der Waals surface area contributed by atoms with Gasteiger partial charge in [0.05, 0.1) is 12.7 Å². The number of nitrogens with zero attached hydrogens (tertiary/aromatic N) is 5. The van der Waals surface area contributed by atoms with Crippen LogP contribution >= 0.6 is 0 Å². The minimum atomic E-state index is -0.608. The number of aryl methyl sites for hydroxylation is 1. The highest BCUT2D eigenvalue weighted by Crippen LogP contribution is 2.19. The molecule has 9 nitrogen and oxygen atoms in total. The van der Waals surface area contributed by atoms with Gasteiger partial charge in [-0.05, 0) is 18.9 Å². The highest BCUT2D eigenvalue weighted by atomic mass is 16.5. The van der Waals surface area contributed by atoms with Crippen molar-refractivity contribution in [2.24, 2.45) is 12.8 Å². The zero-order valence-corrected chi connectivity index (χ0v) is 13.3. The number of carbonyl (C=O) groups is 2. The third-order valence-corrected chi connectivity index (χ3v) is 3.77. The molecule has 3 heterocycles. The Balaban J connectivity index is 1.66. The number of hydrogen-bond acceptors (Lipinski definition) is 6.